The molecule has 2 N–H and O–H groups in total. The summed E-state index contributed by atoms with van der Waals surface area (Å²) in [6, 6.07) is 6.65. The van der Waals surface area contributed by atoms with Crippen LogP contribution in [-0.4, -0.2) is 32.3 Å². The van der Waals surface area contributed by atoms with E-state index in [9.17, 15) is 0 Å². The third-order valence-corrected chi connectivity index (χ3v) is 3.75. The van der Waals surface area contributed by atoms with Crippen molar-refractivity contribution < 1.29 is 4.74 Å². The van der Waals surface area contributed by atoms with Gasteiger partial charge in [0.2, 0.25) is 0 Å². The molecule has 114 valence electrons. The van der Waals surface area contributed by atoms with Crippen molar-refractivity contribution in [1.29, 1.82) is 0 Å². The summed E-state index contributed by atoms with van der Waals surface area (Å²) in [6.45, 7) is 8.06. The van der Waals surface area contributed by atoms with Crippen molar-refractivity contribution in [2.75, 3.05) is 25.2 Å². The zero-order valence-corrected chi connectivity index (χ0v) is 13.8. The molecule has 1 unspecified atom stereocenters. The third kappa shape index (κ3) is 4.97. The van der Waals surface area contributed by atoms with E-state index in [2.05, 4.69) is 31.7 Å². The molecule has 0 heterocycles. The van der Waals surface area contributed by atoms with Crippen LogP contribution in [0.25, 0.3) is 0 Å². The van der Waals surface area contributed by atoms with Crippen LogP contribution >= 0.6 is 11.6 Å². The predicted molar refractivity (Wildman–Crippen MR) is 87.8 cm³/mol. The van der Waals surface area contributed by atoms with Crippen LogP contribution in [0.15, 0.2) is 18.2 Å². The van der Waals surface area contributed by atoms with E-state index in [1.807, 2.05) is 12.1 Å². The number of halogens is 1. The second-order valence-electron chi connectivity index (χ2n) is 5.43. The Morgan fingerprint density at radius 2 is 2.05 bits per heavy atom. The molecule has 1 aromatic rings. The van der Waals surface area contributed by atoms with Crippen molar-refractivity contribution in [3.63, 3.8) is 0 Å². The second-order valence-corrected chi connectivity index (χ2v) is 5.86. The van der Waals surface area contributed by atoms with E-state index in [4.69, 9.17) is 22.1 Å². The van der Waals surface area contributed by atoms with Crippen molar-refractivity contribution in [3.8, 4) is 0 Å². The highest BCUT2D eigenvalue weighted by atomic mass is 35.5. The number of nitrogens with two attached hydrogens (primary N) is 1. The van der Waals surface area contributed by atoms with Gasteiger partial charge in [-0.1, -0.05) is 18.5 Å². The van der Waals surface area contributed by atoms with Gasteiger partial charge >= 0.3 is 0 Å². The van der Waals surface area contributed by atoms with Crippen LogP contribution in [0.4, 0.5) is 5.69 Å². The second kappa shape index (κ2) is 8.50. The first-order chi connectivity index (χ1) is 9.49. The SMILES string of the molecule is CCC(N)Cc1cc(Cl)ccc1N(CCOC)C(C)C. The summed E-state index contributed by atoms with van der Waals surface area (Å²) in [5.41, 5.74) is 8.55. The molecule has 1 atom stereocenters. The molecule has 1 rings (SSSR count). The maximum absolute atomic E-state index is 6.15. The molecule has 20 heavy (non-hydrogen) atoms. The van der Waals surface area contributed by atoms with E-state index >= 15 is 0 Å². The van der Waals surface area contributed by atoms with Gasteiger partial charge < -0.3 is 15.4 Å². The van der Waals surface area contributed by atoms with Crippen molar-refractivity contribution in [2.24, 2.45) is 5.73 Å². The fourth-order valence-corrected chi connectivity index (χ4v) is 2.47. The summed E-state index contributed by atoms with van der Waals surface area (Å²) < 4.78 is 5.22. The largest absolute Gasteiger partial charge is 0.383 e. The Morgan fingerprint density at radius 3 is 2.60 bits per heavy atom. The molecule has 0 aliphatic heterocycles. The number of methoxy groups -OCH3 is 1. The molecule has 0 spiro atoms. The molecule has 0 amide bonds. The monoisotopic (exact) mass is 298 g/mol. The molecule has 3 nitrogen and oxygen atoms in total. The first-order valence-corrected chi connectivity index (χ1v) is 7.67. The van der Waals surface area contributed by atoms with E-state index in [1.165, 1.54) is 11.3 Å². The Bertz CT molecular complexity index is 409. The van der Waals surface area contributed by atoms with Gasteiger partial charge in [0.25, 0.3) is 0 Å². The lowest BCUT2D eigenvalue weighted by atomic mass is 10.0. The van der Waals surface area contributed by atoms with Gasteiger partial charge in [0, 0.05) is 36.4 Å². The van der Waals surface area contributed by atoms with Gasteiger partial charge in [-0.3, -0.25) is 0 Å². The Morgan fingerprint density at radius 1 is 1.35 bits per heavy atom. The molecule has 0 aliphatic carbocycles. The molecule has 0 radical (unpaired) electrons. The van der Waals surface area contributed by atoms with Gasteiger partial charge in [0.15, 0.2) is 0 Å². The minimum absolute atomic E-state index is 0.170. The van der Waals surface area contributed by atoms with E-state index in [0.717, 1.165) is 24.4 Å². The van der Waals surface area contributed by atoms with Gasteiger partial charge in [-0.05, 0) is 50.5 Å². The van der Waals surface area contributed by atoms with Gasteiger partial charge in [-0.25, -0.2) is 0 Å². The summed E-state index contributed by atoms with van der Waals surface area (Å²) in [6.07, 6.45) is 1.81. The van der Waals surface area contributed by atoms with Crippen LogP contribution in [0.2, 0.25) is 5.02 Å². The molecule has 4 heteroatoms. The number of nitrogens with zero attached hydrogens (tertiary/aromatic N) is 1. The Kier molecular flexibility index (Phi) is 7.35. The zero-order valence-electron chi connectivity index (χ0n) is 13.0. The van der Waals surface area contributed by atoms with Crippen LogP contribution in [0.3, 0.4) is 0 Å². The number of benzene rings is 1. The maximum Gasteiger partial charge on any atom is 0.0637 e. The lowest BCUT2D eigenvalue weighted by Crippen LogP contribution is -2.35. The van der Waals surface area contributed by atoms with Crippen LogP contribution < -0.4 is 10.6 Å². The summed E-state index contributed by atoms with van der Waals surface area (Å²) in [4.78, 5) is 2.34. The van der Waals surface area contributed by atoms with Gasteiger partial charge in [0.1, 0.15) is 0 Å². The number of hydrogen-bond donors (Lipinski definition) is 1. The predicted octanol–water partition coefficient (Wildman–Crippen LogP) is 3.48. The summed E-state index contributed by atoms with van der Waals surface area (Å²) in [5.74, 6) is 0. The molecular weight excluding hydrogens is 272 g/mol. The van der Waals surface area contributed by atoms with Crippen LogP contribution in [0.5, 0.6) is 0 Å². The Labute approximate surface area is 128 Å². The maximum atomic E-state index is 6.15. The standard InChI is InChI=1S/C16H27ClN2O/c1-5-15(18)11-13-10-14(17)6-7-16(13)19(12(2)3)8-9-20-4/h6-7,10,12,15H,5,8-9,11,18H2,1-4H3. The fraction of sp³-hybridized carbons (Fsp3) is 0.625. The molecule has 0 fully saturated rings. The topological polar surface area (TPSA) is 38.5 Å². The van der Waals surface area contributed by atoms with Crippen LogP contribution in [0, 0.1) is 0 Å². The van der Waals surface area contributed by atoms with Crippen molar-refractivity contribution in [3.05, 3.63) is 28.8 Å². The summed E-state index contributed by atoms with van der Waals surface area (Å²) in [5, 5.41) is 0.766. The number of hydrogen-bond acceptors (Lipinski definition) is 3. The Hall–Kier alpha value is -0.770. The quantitative estimate of drug-likeness (QED) is 0.798. The van der Waals surface area contributed by atoms with Gasteiger partial charge in [-0.2, -0.15) is 0 Å². The van der Waals surface area contributed by atoms with E-state index < -0.39 is 0 Å². The lowest BCUT2D eigenvalue weighted by Gasteiger charge is -2.31. The van der Waals surface area contributed by atoms with Crippen LogP contribution in [0.1, 0.15) is 32.8 Å². The third-order valence-electron chi connectivity index (χ3n) is 3.52. The molecular formula is C16H27ClN2O. The highest BCUT2D eigenvalue weighted by Gasteiger charge is 2.16. The normalized spacial score (nSPS) is 12.8. The van der Waals surface area contributed by atoms with E-state index in [0.29, 0.717) is 12.6 Å². The minimum atomic E-state index is 0.170. The highest BCUT2D eigenvalue weighted by Crippen LogP contribution is 2.27. The first kappa shape index (κ1) is 17.3. The smallest absolute Gasteiger partial charge is 0.0637 e. The average Bonchev–Trinajstić information content (AvgIpc) is 2.40. The first-order valence-electron chi connectivity index (χ1n) is 7.29. The van der Waals surface area contributed by atoms with E-state index in [1.54, 1.807) is 7.11 Å². The lowest BCUT2D eigenvalue weighted by molar-refractivity contribution is 0.204. The summed E-state index contributed by atoms with van der Waals surface area (Å²) >= 11 is 6.15. The molecule has 0 bridgehead atoms. The fourth-order valence-electron chi connectivity index (χ4n) is 2.27. The van der Waals surface area contributed by atoms with Gasteiger partial charge in [-0.15, -0.1) is 0 Å². The van der Waals surface area contributed by atoms with Crippen LogP contribution in [-0.2, 0) is 11.2 Å². The minimum Gasteiger partial charge on any atom is -0.383 e. The van der Waals surface area contributed by atoms with Crippen molar-refractivity contribution >= 4 is 17.3 Å². The number of rotatable bonds is 8. The molecule has 1 aromatic carbocycles. The highest BCUT2D eigenvalue weighted by molar-refractivity contribution is 6.30. The molecule has 0 aliphatic rings. The van der Waals surface area contributed by atoms with Crippen molar-refractivity contribution in [2.45, 2.75) is 45.7 Å². The number of ether oxygens (including phenoxy) is 1. The molecule has 0 saturated carbocycles. The van der Waals surface area contributed by atoms with E-state index in [-0.39, 0.29) is 6.04 Å². The summed E-state index contributed by atoms with van der Waals surface area (Å²) in [7, 11) is 1.73. The molecule has 0 saturated heterocycles. The van der Waals surface area contributed by atoms with Gasteiger partial charge in [0.05, 0.1) is 6.61 Å². The number of anilines is 1. The molecule has 0 aromatic heterocycles. The van der Waals surface area contributed by atoms with Crippen molar-refractivity contribution in [1.82, 2.24) is 0 Å². The Balaban J connectivity index is 3.05. The average molecular weight is 299 g/mol. The zero-order chi connectivity index (χ0) is 15.1.